The molecule has 0 aliphatic carbocycles. The van der Waals surface area contributed by atoms with E-state index in [0.29, 0.717) is 13.0 Å². The summed E-state index contributed by atoms with van der Waals surface area (Å²) in [5.74, 6) is 1.53. The molecule has 1 heterocycles. The number of hydrogen-bond acceptors (Lipinski definition) is 3. The molecular weight excluding hydrogens is 312 g/mol. The Morgan fingerprint density at radius 1 is 1.16 bits per heavy atom. The van der Waals surface area contributed by atoms with Crippen LogP contribution in [-0.2, 0) is 11.2 Å². The minimum Gasteiger partial charge on any atom is -0.493 e. The van der Waals surface area contributed by atoms with Crippen LogP contribution in [-0.4, -0.2) is 18.5 Å². The second-order valence-electron chi connectivity index (χ2n) is 6.80. The summed E-state index contributed by atoms with van der Waals surface area (Å²) < 4.78 is 12.0. The smallest absolute Gasteiger partial charge is 0.132 e. The molecule has 3 nitrogen and oxygen atoms in total. The third kappa shape index (κ3) is 3.76. The Kier molecular flexibility index (Phi) is 4.93. The van der Waals surface area contributed by atoms with Crippen molar-refractivity contribution in [3.8, 4) is 11.5 Å². The van der Waals surface area contributed by atoms with Crippen molar-refractivity contribution in [1.29, 1.82) is 0 Å². The predicted molar refractivity (Wildman–Crippen MR) is 100 cm³/mol. The maximum atomic E-state index is 11.1. The Morgan fingerprint density at radius 2 is 1.92 bits per heavy atom. The van der Waals surface area contributed by atoms with Gasteiger partial charge in [0, 0.05) is 23.6 Å². The highest BCUT2D eigenvalue weighted by atomic mass is 16.5. The zero-order valence-corrected chi connectivity index (χ0v) is 15.0. The van der Waals surface area contributed by atoms with Gasteiger partial charge in [0.05, 0.1) is 6.61 Å². The summed E-state index contributed by atoms with van der Waals surface area (Å²) in [6, 6.07) is 14.2. The van der Waals surface area contributed by atoms with Gasteiger partial charge in [-0.2, -0.15) is 0 Å². The topological polar surface area (TPSA) is 35.5 Å². The summed E-state index contributed by atoms with van der Waals surface area (Å²) in [6.07, 6.45) is 4.30. The number of carbonyl (C=O) groups is 1. The first-order chi connectivity index (χ1) is 12.0. The van der Waals surface area contributed by atoms with E-state index in [0.717, 1.165) is 46.5 Å². The Hall–Kier alpha value is -2.55. The summed E-state index contributed by atoms with van der Waals surface area (Å²) >= 11 is 0. The largest absolute Gasteiger partial charge is 0.493 e. The van der Waals surface area contributed by atoms with Crippen LogP contribution in [0.5, 0.6) is 11.5 Å². The van der Waals surface area contributed by atoms with Gasteiger partial charge in [-0.1, -0.05) is 37.3 Å². The third-order valence-electron chi connectivity index (χ3n) is 4.17. The molecule has 3 heteroatoms. The first-order valence-corrected chi connectivity index (χ1v) is 8.75. The van der Waals surface area contributed by atoms with Gasteiger partial charge in [-0.25, -0.2) is 0 Å². The van der Waals surface area contributed by atoms with Crippen LogP contribution in [0.2, 0.25) is 0 Å². The second-order valence-corrected chi connectivity index (χ2v) is 6.80. The number of carbonyl (C=O) groups excluding carboxylic acids is 1. The monoisotopic (exact) mass is 336 g/mol. The van der Waals surface area contributed by atoms with E-state index < -0.39 is 5.60 Å². The highest BCUT2D eigenvalue weighted by Crippen LogP contribution is 2.42. The molecule has 130 valence electrons. The van der Waals surface area contributed by atoms with Crippen molar-refractivity contribution in [2.45, 2.75) is 39.2 Å². The Labute approximate surface area is 149 Å². The molecule has 0 radical (unpaired) electrons. The summed E-state index contributed by atoms with van der Waals surface area (Å²) in [6.45, 7) is 6.78. The van der Waals surface area contributed by atoms with Crippen LogP contribution < -0.4 is 9.47 Å². The minimum absolute atomic E-state index is 0.331. The van der Waals surface area contributed by atoms with Gasteiger partial charge in [0.25, 0.3) is 0 Å². The van der Waals surface area contributed by atoms with Gasteiger partial charge < -0.3 is 14.3 Å². The zero-order chi connectivity index (χ0) is 17.9. The maximum Gasteiger partial charge on any atom is 0.132 e. The molecule has 0 saturated carbocycles. The zero-order valence-electron chi connectivity index (χ0n) is 15.0. The van der Waals surface area contributed by atoms with Gasteiger partial charge in [-0.15, -0.1) is 0 Å². The molecule has 2 aromatic carbocycles. The number of fused-ring (bicyclic) bond motifs is 1. The summed E-state index contributed by atoms with van der Waals surface area (Å²) in [5, 5.41) is 0. The lowest BCUT2D eigenvalue weighted by Crippen LogP contribution is -2.29. The molecule has 1 aliphatic rings. The van der Waals surface area contributed by atoms with E-state index in [-0.39, 0.29) is 0 Å². The van der Waals surface area contributed by atoms with Crippen LogP contribution in [0.1, 0.15) is 43.9 Å². The van der Waals surface area contributed by atoms with Crippen LogP contribution >= 0.6 is 0 Å². The van der Waals surface area contributed by atoms with Crippen LogP contribution in [0.4, 0.5) is 0 Å². The molecule has 3 rings (SSSR count). The van der Waals surface area contributed by atoms with Crippen LogP contribution in [0.25, 0.3) is 5.57 Å². The molecule has 0 bridgehead atoms. The van der Waals surface area contributed by atoms with Crippen LogP contribution in [0.15, 0.2) is 48.5 Å². The van der Waals surface area contributed by atoms with Crippen molar-refractivity contribution in [2.75, 3.05) is 6.61 Å². The Bertz CT molecular complexity index is 788. The molecule has 0 spiro atoms. The lowest BCUT2D eigenvalue weighted by molar-refractivity contribution is -0.107. The van der Waals surface area contributed by atoms with Gasteiger partial charge >= 0.3 is 0 Å². The van der Waals surface area contributed by atoms with E-state index >= 15 is 0 Å². The predicted octanol–water partition coefficient (Wildman–Crippen LogP) is 4.82. The fraction of sp³-hybridized carbons (Fsp3) is 0.318. The first-order valence-electron chi connectivity index (χ1n) is 8.75. The molecule has 25 heavy (non-hydrogen) atoms. The quantitative estimate of drug-likeness (QED) is 0.710. The van der Waals surface area contributed by atoms with Crippen molar-refractivity contribution >= 4 is 11.9 Å². The number of aldehydes is 1. The SMILES string of the molecule is CCCOc1cc2c(cc1CC=O)C(c1ccccc1)=CC(C)(C)O2. The van der Waals surface area contributed by atoms with E-state index in [1.165, 1.54) is 0 Å². The molecule has 1 aliphatic heterocycles. The standard InChI is InChI=1S/C22H24O3/c1-4-12-24-20-14-21-18(13-17(20)10-11-23)19(15-22(2,3)25-21)16-8-6-5-7-9-16/h5-9,11,13-15H,4,10,12H2,1-3H3. The van der Waals surface area contributed by atoms with Crippen molar-refractivity contribution < 1.29 is 14.3 Å². The molecule has 0 saturated heterocycles. The van der Waals surface area contributed by atoms with Crippen LogP contribution in [0.3, 0.4) is 0 Å². The van der Waals surface area contributed by atoms with E-state index in [1.54, 1.807) is 0 Å². The number of rotatable bonds is 6. The Morgan fingerprint density at radius 3 is 2.60 bits per heavy atom. The molecule has 0 amide bonds. The summed E-state index contributed by atoms with van der Waals surface area (Å²) in [5.41, 5.74) is 3.76. The van der Waals surface area contributed by atoms with Crippen molar-refractivity contribution in [3.63, 3.8) is 0 Å². The molecule has 0 atom stereocenters. The second kappa shape index (κ2) is 7.14. The summed E-state index contributed by atoms with van der Waals surface area (Å²) in [4.78, 5) is 11.1. The van der Waals surface area contributed by atoms with E-state index in [4.69, 9.17) is 9.47 Å². The van der Waals surface area contributed by atoms with Crippen molar-refractivity contribution in [1.82, 2.24) is 0 Å². The van der Waals surface area contributed by atoms with Crippen molar-refractivity contribution in [3.05, 3.63) is 65.2 Å². The summed E-state index contributed by atoms with van der Waals surface area (Å²) in [7, 11) is 0. The molecular formula is C22H24O3. The van der Waals surface area contributed by atoms with Gasteiger partial charge in [-0.3, -0.25) is 0 Å². The number of hydrogen-bond donors (Lipinski definition) is 0. The lowest BCUT2D eigenvalue weighted by atomic mass is 9.88. The van der Waals surface area contributed by atoms with Gasteiger partial charge in [0.15, 0.2) is 0 Å². The van der Waals surface area contributed by atoms with E-state index in [9.17, 15) is 4.79 Å². The third-order valence-corrected chi connectivity index (χ3v) is 4.17. The van der Waals surface area contributed by atoms with E-state index in [1.807, 2.05) is 44.2 Å². The number of ether oxygens (including phenoxy) is 2. The average molecular weight is 336 g/mol. The van der Waals surface area contributed by atoms with Gasteiger partial charge in [-0.05, 0) is 43.5 Å². The molecule has 0 unspecified atom stereocenters. The lowest BCUT2D eigenvalue weighted by Gasteiger charge is -2.32. The highest BCUT2D eigenvalue weighted by molar-refractivity contribution is 5.86. The average Bonchev–Trinajstić information content (AvgIpc) is 2.60. The number of benzene rings is 2. The fourth-order valence-corrected chi connectivity index (χ4v) is 3.09. The van der Waals surface area contributed by atoms with Crippen molar-refractivity contribution in [2.24, 2.45) is 0 Å². The van der Waals surface area contributed by atoms with Gasteiger partial charge in [0.2, 0.25) is 0 Å². The van der Waals surface area contributed by atoms with E-state index in [2.05, 4.69) is 25.1 Å². The molecule has 0 N–H and O–H groups in total. The van der Waals surface area contributed by atoms with Gasteiger partial charge in [0.1, 0.15) is 23.4 Å². The highest BCUT2D eigenvalue weighted by Gasteiger charge is 2.28. The van der Waals surface area contributed by atoms with Crippen LogP contribution in [0, 0.1) is 0 Å². The first kappa shape index (κ1) is 17.3. The minimum atomic E-state index is -0.410. The molecule has 2 aromatic rings. The normalized spacial score (nSPS) is 14.9. The maximum absolute atomic E-state index is 11.1. The Balaban J connectivity index is 2.14. The molecule has 0 aromatic heterocycles. The molecule has 0 fully saturated rings. The fourth-order valence-electron chi connectivity index (χ4n) is 3.09.